The van der Waals surface area contributed by atoms with Crippen molar-refractivity contribution < 1.29 is 9.84 Å². The summed E-state index contributed by atoms with van der Waals surface area (Å²) in [5, 5.41) is 17.2. The molecule has 1 fully saturated rings. The molecule has 1 aliphatic heterocycles. The molecule has 1 aliphatic rings. The zero-order valence-corrected chi connectivity index (χ0v) is 11.1. The zero-order chi connectivity index (χ0) is 13.3. The molecule has 2 rings (SSSR count). The Hall–Kier alpha value is -1.11. The molecule has 0 saturated carbocycles. The topological polar surface area (TPSA) is 76.4 Å². The number of anilines is 1. The molecule has 100 valence electrons. The third-order valence-electron chi connectivity index (χ3n) is 3.32. The smallest absolute Gasteiger partial charge is 0.287 e. The number of ether oxygens (including phenoxy) is 1. The van der Waals surface area contributed by atoms with Gasteiger partial charge in [0.2, 0.25) is 0 Å². The molecule has 1 saturated heterocycles. The first-order valence-corrected chi connectivity index (χ1v) is 6.11. The molecule has 0 amide bonds. The van der Waals surface area contributed by atoms with E-state index in [-0.39, 0.29) is 23.2 Å². The second-order valence-electron chi connectivity index (χ2n) is 4.52. The minimum atomic E-state index is -0.940. The summed E-state index contributed by atoms with van der Waals surface area (Å²) in [6.07, 6.45) is 1.77. The van der Waals surface area contributed by atoms with E-state index in [0.29, 0.717) is 18.7 Å². The lowest BCUT2D eigenvalue weighted by Crippen LogP contribution is -2.43. The average molecular weight is 274 g/mol. The zero-order valence-electron chi connectivity index (χ0n) is 10.3. The van der Waals surface area contributed by atoms with E-state index in [1.807, 2.05) is 6.92 Å². The number of hydrogen-bond acceptors (Lipinski definition) is 5. The van der Waals surface area contributed by atoms with E-state index in [4.69, 9.17) is 16.3 Å². The molecular formula is C11H16ClN3O3. The van der Waals surface area contributed by atoms with E-state index in [0.717, 1.165) is 4.68 Å². The second-order valence-corrected chi connectivity index (χ2v) is 4.90. The fourth-order valence-electron chi connectivity index (χ4n) is 1.89. The molecule has 18 heavy (non-hydrogen) atoms. The standard InChI is InChI=1S/C11H16ClN3O3/c1-7-11(17,3-4-18-7)6-13-8-5-14-15(2)10(16)9(8)12/h5,7,13,17H,3-4,6H2,1-2H3. The highest BCUT2D eigenvalue weighted by Crippen LogP contribution is 2.26. The van der Waals surface area contributed by atoms with Crippen molar-refractivity contribution in [1.82, 2.24) is 9.78 Å². The van der Waals surface area contributed by atoms with Gasteiger partial charge < -0.3 is 15.2 Å². The van der Waals surface area contributed by atoms with Crippen LogP contribution in [0.15, 0.2) is 11.0 Å². The Morgan fingerprint density at radius 1 is 1.78 bits per heavy atom. The maximum atomic E-state index is 11.6. The van der Waals surface area contributed by atoms with Crippen LogP contribution in [0, 0.1) is 0 Å². The predicted octanol–water partition coefficient (Wildman–Crippen LogP) is 0.385. The summed E-state index contributed by atoms with van der Waals surface area (Å²) in [7, 11) is 1.53. The highest BCUT2D eigenvalue weighted by molar-refractivity contribution is 6.32. The van der Waals surface area contributed by atoms with Crippen molar-refractivity contribution in [2.24, 2.45) is 7.05 Å². The maximum Gasteiger partial charge on any atom is 0.287 e. The van der Waals surface area contributed by atoms with E-state index < -0.39 is 5.60 Å². The summed E-state index contributed by atoms with van der Waals surface area (Å²) in [6, 6.07) is 0. The van der Waals surface area contributed by atoms with Gasteiger partial charge in [-0.1, -0.05) is 11.6 Å². The molecule has 2 N–H and O–H groups in total. The normalized spacial score (nSPS) is 27.4. The third kappa shape index (κ3) is 2.36. The van der Waals surface area contributed by atoms with Crippen molar-refractivity contribution in [2.75, 3.05) is 18.5 Å². The number of aliphatic hydroxyl groups is 1. The molecule has 0 bridgehead atoms. The van der Waals surface area contributed by atoms with Crippen LogP contribution in [0.1, 0.15) is 13.3 Å². The van der Waals surface area contributed by atoms with Crippen LogP contribution in [0.25, 0.3) is 0 Å². The molecule has 7 heteroatoms. The molecular weight excluding hydrogens is 258 g/mol. The number of rotatable bonds is 3. The molecule has 0 aromatic carbocycles. The third-order valence-corrected chi connectivity index (χ3v) is 3.69. The van der Waals surface area contributed by atoms with Crippen molar-refractivity contribution in [1.29, 1.82) is 0 Å². The Balaban J connectivity index is 2.12. The van der Waals surface area contributed by atoms with Gasteiger partial charge >= 0.3 is 0 Å². The molecule has 0 aliphatic carbocycles. The maximum absolute atomic E-state index is 11.6. The number of nitrogens with zero attached hydrogens (tertiary/aromatic N) is 2. The van der Waals surface area contributed by atoms with Crippen LogP contribution in [0.4, 0.5) is 5.69 Å². The molecule has 2 unspecified atom stereocenters. The number of aryl methyl sites for hydroxylation is 1. The Morgan fingerprint density at radius 3 is 3.11 bits per heavy atom. The Labute approximate surface area is 110 Å². The van der Waals surface area contributed by atoms with Crippen LogP contribution in [0.2, 0.25) is 5.02 Å². The lowest BCUT2D eigenvalue weighted by atomic mass is 9.97. The van der Waals surface area contributed by atoms with Gasteiger partial charge in [0.05, 0.1) is 18.0 Å². The van der Waals surface area contributed by atoms with Crippen LogP contribution in [0.3, 0.4) is 0 Å². The van der Waals surface area contributed by atoms with Crippen molar-refractivity contribution in [3.8, 4) is 0 Å². The van der Waals surface area contributed by atoms with Crippen LogP contribution in [-0.4, -0.2) is 39.7 Å². The first kappa shape index (κ1) is 13.3. The van der Waals surface area contributed by atoms with Gasteiger partial charge in [-0.3, -0.25) is 4.79 Å². The van der Waals surface area contributed by atoms with Crippen LogP contribution >= 0.6 is 11.6 Å². The number of aromatic nitrogens is 2. The van der Waals surface area contributed by atoms with E-state index in [9.17, 15) is 9.90 Å². The van der Waals surface area contributed by atoms with Crippen molar-refractivity contribution in [3.05, 3.63) is 21.6 Å². The Kier molecular flexibility index (Phi) is 3.61. The van der Waals surface area contributed by atoms with Gasteiger partial charge in [-0.15, -0.1) is 0 Å². The summed E-state index contributed by atoms with van der Waals surface area (Å²) in [4.78, 5) is 11.6. The van der Waals surface area contributed by atoms with Gasteiger partial charge in [-0.2, -0.15) is 5.10 Å². The summed E-state index contributed by atoms with van der Waals surface area (Å²) >= 11 is 5.92. The Morgan fingerprint density at radius 2 is 2.50 bits per heavy atom. The largest absolute Gasteiger partial charge is 0.385 e. The fourth-order valence-corrected chi connectivity index (χ4v) is 2.12. The molecule has 0 spiro atoms. The van der Waals surface area contributed by atoms with E-state index >= 15 is 0 Å². The lowest BCUT2D eigenvalue weighted by molar-refractivity contribution is -0.0175. The van der Waals surface area contributed by atoms with E-state index in [2.05, 4.69) is 10.4 Å². The van der Waals surface area contributed by atoms with Gasteiger partial charge in [0.15, 0.2) is 0 Å². The van der Waals surface area contributed by atoms with Crippen molar-refractivity contribution >= 4 is 17.3 Å². The monoisotopic (exact) mass is 273 g/mol. The minimum Gasteiger partial charge on any atom is -0.385 e. The van der Waals surface area contributed by atoms with Gasteiger partial charge in [0.25, 0.3) is 5.56 Å². The first-order chi connectivity index (χ1) is 8.44. The van der Waals surface area contributed by atoms with Crippen molar-refractivity contribution in [2.45, 2.75) is 25.0 Å². The van der Waals surface area contributed by atoms with Crippen molar-refractivity contribution in [3.63, 3.8) is 0 Å². The van der Waals surface area contributed by atoms with E-state index in [1.165, 1.54) is 13.2 Å². The number of hydrogen-bond donors (Lipinski definition) is 2. The van der Waals surface area contributed by atoms with Gasteiger partial charge in [0.1, 0.15) is 10.6 Å². The lowest BCUT2D eigenvalue weighted by Gasteiger charge is -2.26. The van der Waals surface area contributed by atoms with E-state index in [1.54, 1.807) is 0 Å². The highest BCUT2D eigenvalue weighted by atomic mass is 35.5. The van der Waals surface area contributed by atoms with Crippen LogP contribution in [-0.2, 0) is 11.8 Å². The summed E-state index contributed by atoms with van der Waals surface area (Å²) in [6.45, 7) is 2.61. The SMILES string of the molecule is CC1OCCC1(O)CNc1cnn(C)c(=O)c1Cl. The highest BCUT2D eigenvalue weighted by Gasteiger charge is 2.39. The molecule has 1 aromatic rings. The predicted molar refractivity (Wildman–Crippen MR) is 68.0 cm³/mol. The minimum absolute atomic E-state index is 0.0719. The molecule has 1 aromatic heterocycles. The van der Waals surface area contributed by atoms with Crippen LogP contribution < -0.4 is 10.9 Å². The fraction of sp³-hybridized carbons (Fsp3) is 0.636. The summed E-state index contributed by atoms with van der Waals surface area (Å²) in [5.41, 5.74) is -0.888. The number of halogens is 1. The first-order valence-electron chi connectivity index (χ1n) is 5.74. The average Bonchev–Trinajstić information content (AvgIpc) is 2.66. The molecule has 2 atom stereocenters. The van der Waals surface area contributed by atoms with Crippen LogP contribution in [0.5, 0.6) is 0 Å². The van der Waals surface area contributed by atoms with Gasteiger partial charge in [0, 0.05) is 26.6 Å². The van der Waals surface area contributed by atoms with Gasteiger partial charge in [-0.05, 0) is 6.92 Å². The molecule has 0 radical (unpaired) electrons. The summed E-state index contributed by atoms with van der Waals surface area (Å²) in [5.74, 6) is 0. The molecule has 6 nitrogen and oxygen atoms in total. The quantitative estimate of drug-likeness (QED) is 0.833. The summed E-state index contributed by atoms with van der Waals surface area (Å²) < 4.78 is 6.48. The molecule has 2 heterocycles. The Bertz CT molecular complexity index is 505. The second kappa shape index (κ2) is 4.87. The van der Waals surface area contributed by atoms with Gasteiger partial charge in [-0.25, -0.2) is 4.68 Å². The number of nitrogens with one attached hydrogen (secondary N) is 1.